The number of nitrogens with zero attached hydrogens (tertiary/aromatic N) is 6. The molecule has 5 rings (SSSR count). The van der Waals surface area contributed by atoms with Crippen LogP contribution in [-0.4, -0.2) is 85.7 Å². The lowest BCUT2D eigenvalue weighted by atomic mass is 10.0. The van der Waals surface area contributed by atoms with Crippen molar-refractivity contribution in [1.29, 1.82) is 0 Å². The van der Waals surface area contributed by atoms with Gasteiger partial charge in [-0.3, -0.25) is 0 Å². The van der Waals surface area contributed by atoms with Gasteiger partial charge >= 0.3 is 0 Å². The molecule has 0 N–H and O–H groups in total. The fourth-order valence-electron chi connectivity index (χ4n) is 5.19. The van der Waals surface area contributed by atoms with Crippen molar-refractivity contribution in [3.05, 3.63) is 35.5 Å². The van der Waals surface area contributed by atoms with Gasteiger partial charge in [-0.1, -0.05) is 0 Å². The van der Waals surface area contributed by atoms with Crippen LogP contribution in [0.5, 0.6) is 0 Å². The van der Waals surface area contributed by atoms with Gasteiger partial charge in [-0.05, 0) is 77.0 Å². The number of hydrogen-bond acceptors (Lipinski definition) is 6. The molecule has 0 spiro atoms. The summed E-state index contributed by atoms with van der Waals surface area (Å²) < 4.78 is 0. The Kier molecular flexibility index (Phi) is 6.10. The molecule has 2 fully saturated rings. The molecular weight excluding hydrogens is 384 g/mol. The van der Waals surface area contributed by atoms with Gasteiger partial charge in [0.1, 0.15) is 5.82 Å². The summed E-state index contributed by atoms with van der Waals surface area (Å²) in [4.78, 5) is 20.0. The second kappa shape index (κ2) is 9.13. The maximum atomic E-state index is 5.10. The number of piperazine rings is 1. The van der Waals surface area contributed by atoms with Gasteiger partial charge in [0, 0.05) is 68.3 Å². The van der Waals surface area contributed by atoms with Gasteiger partial charge in [-0.15, -0.1) is 0 Å². The maximum absolute atomic E-state index is 5.10. The Morgan fingerprint density at radius 3 is 2.29 bits per heavy atom. The van der Waals surface area contributed by atoms with E-state index in [1.165, 1.54) is 49.4 Å². The molecule has 1 aromatic carbocycles. The molecule has 3 aliphatic rings. The summed E-state index contributed by atoms with van der Waals surface area (Å²) in [7, 11) is 2.20. The Hall–Kier alpha value is -2.18. The van der Waals surface area contributed by atoms with E-state index >= 15 is 0 Å². The third-order valence-electron chi connectivity index (χ3n) is 7.23. The lowest BCUT2D eigenvalue weighted by Gasteiger charge is -2.34. The average Bonchev–Trinajstić information content (AvgIpc) is 3.32. The summed E-state index contributed by atoms with van der Waals surface area (Å²) in [5.74, 6) is 2.05. The lowest BCUT2D eigenvalue weighted by Crippen LogP contribution is -2.44. The Balaban J connectivity index is 1.35. The van der Waals surface area contributed by atoms with E-state index in [1.807, 2.05) is 0 Å². The molecule has 6 nitrogen and oxygen atoms in total. The van der Waals surface area contributed by atoms with E-state index in [2.05, 4.69) is 57.8 Å². The van der Waals surface area contributed by atoms with Gasteiger partial charge in [0.15, 0.2) is 5.82 Å². The number of aryl methyl sites for hydroxylation is 1. The van der Waals surface area contributed by atoms with Crippen molar-refractivity contribution in [2.75, 3.05) is 75.8 Å². The number of aromatic nitrogens is 2. The van der Waals surface area contributed by atoms with Gasteiger partial charge < -0.3 is 19.6 Å². The van der Waals surface area contributed by atoms with Gasteiger partial charge in [-0.2, -0.15) is 0 Å². The van der Waals surface area contributed by atoms with Crippen LogP contribution in [-0.2, 0) is 6.42 Å². The first-order valence-corrected chi connectivity index (χ1v) is 12.1. The summed E-state index contributed by atoms with van der Waals surface area (Å²) in [6, 6.07) is 8.88. The van der Waals surface area contributed by atoms with E-state index in [9.17, 15) is 0 Å². The van der Waals surface area contributed by atoms with Crippen molar-refractivity contribution < 1.29 is 0 Å². The highest BCUT2D eigenvalue weighted by molar-refractivity contribution is 5.64. The summed E-state index contributed by atoms with van der Waals surface area (Å²) in [5, 5.41) is 0. The molecule has 0 atom stereocenters. The molecule has 0 saturated carbocycles. The van der Waals surface area contributed by atoms with Crippen molar-refractivity contribution in [3.63, 3.8) is 0 Å². The van der Waals surface area contributed by atoms with Crippen LogP contribution in [0.15, 0.2) is 24.3 Å². The largest absolute Gasteiger partial charge is 0.369 e. The van der Waals surface area contributed by atoms with Crippen LogP contribution in [0, 0.1) is 6.92 Å². The van der Waals surface area contributed by atoms with E-state index in [0.717, 1.165) is 69.3 Å². The zero-order valence-corrected chi connectivity index (χ0v) is 19.2. The molecule has 0 unspecified atom stereocenters. The molecule has 166 valence electrons. The maximum Gasteiger partial charge on any atom is 0.161 e. The number of likely N-dealkylation sites (tertiary alicyclic amines) is 1. The summed E-state index contributed by atoms with van der Waals surface area (Å²) in [6.07, 6.45) is 5.01. The second-order valence-electron chi connectivity index (χ2n) is 9.41. The van der Waals surface area contributed by atoms with E-state index < -0.39 is 0 Å². The quantitative estimate of drug-likeness (QED) is 0.740. The third-order valence-corrected chi connectivity index (χ3v) is 7.23. The van der Waals surface area contributed by atoms with E-state index in [1.54, 1.807) is 0 Å². The molecule has 6 heteroatoms. The Labute approximate surface area is 186 Å². The van der Waals surface area contributed by atoms with E-state index in [-0.39, 0.29) is 0 Å². The number of anilines is 2. The first kappa shape index (κ1) is 20.7. The van der Waals surface area contributed by atoms with Crippen molar-refractivity contribution in [1.82, 2.24) is 19.8 Å². The second-order valence-corrected chi connectivity index (χ2v) is 9.41. The fourth-order valence-corrected chi connectivity index (χ4v) is 5.19. The lowest BCUT2D eigenvalue weighted by molar-refractivity contribution is 0.313. The summed E-state index contributed by atoms with van der Waals surface area (Å²) >= 11 is 0. The number of fused-ring (bicyclic) bond motifs is 1. The monoisotopic (exact) mass is 420 g/mol. The van der Waals surface area contributed by atoms with Crippen molar-refractivity contribution in [2.45, 2.75) is 32.6 Å². The van der Waals surface area contributed by atoms with Gasteiger partial charge in [0.2, 0.25) is 0 Å². The molecule has 2 aromatic rings. The predicted octanol–water partition coefficient (Wildman–Crippen LogP) is 3.05. The molecule has 4 heterocycles. The van der Waals surface area contributed by atoms with Crippen molar-refractivity contribution in [3.8, 4) is 11.4 Å². The minimum atomic E-state index is 0.870. The normalized spacial score (nSPS) is 20.3. The minimum absolute atomic E-state index is 0.870. The predicted molar refractivity (Wildman–Crippen MR) is 128 cm³/mol. The highest BCUT2D eigenvalue weighted by Gasteiger charge is 2.23. The molecule has 0 bridgehead atoms. The van der Waals surface area contributed by atoms with Gasteiger partial charge in [0.25, 0.3) is 0 Å². The minimum Gasteiger partial charge on any atom is -0.369 e. The SMILES string of the molecule is Cc1nc(-c2ccc(N3CCN(C)CC3)cc2)nc2c1CCCN2CCN1CCCC1. The fraction of sp³-hybridized carbons (Fsp3) is 0.600. The molecule has 0 amide bonds. The Morgan fingerprint density at radius 2 is 1.55 bits per heavy atom. The van der Waals surface area contributed by atoms with Crippen molar-refractivity contribution >= 4 is 11.5 Å². The third kappa shape index (κ3) is 4.55. The van der Waals surface area contributed by atoms with Crippen LogP contribution >= 0.6 is 0 Å². The van der Waals surface area contributed by atoms with Crippen LogP contribution in [0.3, 0.4) is 0 Å². The highest BCUT2D eigenvalue weighted by atomic mass is 15.3. The molecule has 31 heavy (non-hydrogen) atoms. The Morgan fingerprint density at radius 1 is 0.806 bits per heavy atom. The average molecular weight is 421 g/mol. The highest BCUT2D eigenvalue weighted by Crippen LogP contribution is 2.30. The van der Waals surface area contributed by atoms with E-state index in [4.69, 9.17) is 9.97 Å². The van der Waals surface area contributed by atoms with E-state index in [0.29, 0.717) is 0 Å². The number of hydrogen-bond donors (Lipinski definition) is 0. The molecule has 0 aliphatic carbocycles. The zero-order chi connectivity index (χ0) is 21.2. The molecule has 3 aliphatic heterocycles. The van der Waals surface area contributed by atoms with Crippen LogP contribution in [0.2, 0.25) is 0 Å². The number of rotatable bonds is 5. The van der Waals surface area contributed by atoms with Crippen LogP contribution in [0.4, 0.5) is 11.5 Å². The van der Waals surface area contributed by atoms with Gasteiger partial charge in [0.05, 0.1) is 0 Å². The first-order valence-electron chi connectivity index (χ1n) is 12.1. The first-order chi connectivity index (χ1) is 15.2. The number of likely N-dealkylation sites (N-methyl/N-ethyl adjacent to an activating group) is 1. The topological polar surface area (TPSA) is 38.7 Å². The summed E-state index contributed by atoms with van der Waals surface area (Å²) in [5.41, 5.74) is 4.92. The zero-order valence-electron chi connectivity index (χ0n) is 19.2. The molecular formula is C25H36N6. The number of benzene rings is 1. The standard InChI is InChI=1S/C25H36N6/c1-20-23-6-5-13-31(19-16-29-11-3-4-12-29)25(23)27-24(26-20)21-7-9-22(10-8-21)30-17-14-28(2)15-18-30/h7-10H,3-6,11-19H2,1-2H3. The Bertz CT molecular complexity index is 882. The van der Waals surface area contributed by atoms with Crippen LogP contribution in [0.25, 0.3) is 11.4 Å². The molecule has 2 saturated heterocycles. The smallest absolute Gasteiger partial charge is 0.161 e. The van der Waals surface area contributed by atoms with Gasteiger partial charge in [-0.25, -0.2) is 9.97 Å². The van der Waals surface area contributed by atoms with Crippen molar-refractivity contribution in [2.24, 2.45) is 0 Å². The van der Waals surface area contributed by atoms with Crippen LogP contribution in [0.1, 0.15) is 30.5 Å². The molecule has 1 aromatic heterocycles. The summed E-state index contributed by atoms with van der Waals surface area (Å²) in [6.45, 7) is 12.5. The van der Waals surface area contributed by atoms with Crippen LogP contribution < -0.4 is 9.80 Å². The molecule has 0 radical (unpaired) electrons.